The van der Waals surface area contributed by atoms with E-state index in [0.29, 0.717) is 47.8 Å². The third-order valence-electron chi connectivity index (χ3n) is 6.12. The van der Waals surface area contributed by atoms with Gasteiger partial charge in [-0.05, 0) is 37.2 Å². The molecule has 2 aromatic carbocycles. The Morgan fingerprint density at radius 1 is 1.09 bits per heavy atom. The lowest BCUT2D eigenvalue weighted by atomic mass is 10.1. The summed E-state index contributed by atoms with van der Waals surface area (Å²) < 4.78 is 5.74. The first kappa shape index (κ1) is 23.8. The van der Waals surface area contributed by atoms with Crippen molar-refractivity contribution in [3.63, 3.8) is 0 Å². The van der Waals surface area contributed by atoms with Crippen LogP contribution in [-0.2, 0) is 13.1 Å². The summed E-state index contributed by atoms with van der Waals surface area (Å²) in [4.78, 5) is 23.7. The number of likely N-dealkylation sites (N-methyl/N-ethyl adjacent to an activating group) is 1. The van der Waals surface area contributed by atoms with E-state index in [4.69, 9.17) is 27.6 Å². The minimum Gasteiger partial charge on any atom is -0.447 e. The fourth-order valence-electron chi connectivity index (χ4n) is 3.97. The van der Waals surface area contributed by atoms with E-state index in [2.05, 4.69) is 40.9 Å². The molecule has 1 aliphatic rings. The predicted molar refractivity (Wildman–Crippen MR) is 130 cm³/mol. The molecular weight excluding hydrogens is 459 g/mol. The van der Waals surface area contributed by atoms with Crippen LogP contribution in [0, 0.1) is 0 Å². The van der Waals surface area contributed by atoms with E-state index in [9.17, 15) is 4.79 Å². The summed E-state index contributed by atoms with van der Waals surface area (Å²) in [7, 11) is 2.06. The number of carbonyl (C=O) groups excluding carboxylic acids is 1. The summed E-state index contributed by atoms with van der Waals surface area (Å²) in [6.45, 7) is 6.27. The lowest BCUT2D eigenvalue weighted by Crippen LogP contribution is -2.47. The number of carbonyl (C=O) groups is 1. The van der Waals surface area contributed by atoms with Gasteiger partial charge >= 0.3 is 0 Å². The second-order valence-corrected chi connectivity index (χ2v) is 9.29. The summed E-state index contributed by atoms with van der Waals surface area (Å²) >= 11 is 12.5. The fraction of sp³-hybridized carbons (Fsp3) is 0.360. The van der Waals surface area contributed by atoms with Crippen LogP contribution >= 0.6 is 23.2 Å². The van der Waals surface area contributed by atoms with Crippen LogP contribution in [0.4, 0.5) is 0 Å². The molecule has 33 heavy (non-hydrogen) atoms. The molecule has 1 saturated heterocycles. The van der Waals surface area contributed by atoms with Crippen molar-refractivity contribution in [3.05, 3.63) is 87.6 Å². The zero-order valence-electron chi connectivity index (χ0n) is 18.9. The minimum absolute atomic E-state index is 0.0710. The predicted octanol–water partition coefficient (Wildman–Crippen LogP) is 5.13. The summed E-state index contributed by atoms with van der Waals surface area (Å²) in [5, 5.41) is 1.22. The summed E-state index contributed by atoms with van der Waals surface area (Å²) in [5.74, 6) is 0.418. The van der Waals surface area contributed by atoms with Crippen LogP contribution in [0.25, 0.3) is 0 Å². The van der Waals surface area contributed by atoms with E-state index in [-0.39, 0.29) is 11.9 Å². The normalized spacial score (nSPS) is 15.7. The number of aromatic nitrogens is 1. The van der Waals surface area contributed by atoms with Gasteiger partial charge in [-0.15, -0.1) is 0 Å². The van der Waals surface area contributed by atoms with E-state index >= 15 is 0 Å². The second kappa shape index (κ2) is 10.7. The molecule has 1 aromatic heterocycles. The Morgan fingerprint density at radius 2 is 1.82 bits per heavy atom. The quantitative estimate of drug-likeness (QED) is 0.463. The molecule has 0 aliphatic carbocycles. The molecule has 0 radical (unpaired) electrons. The first-order valence-corrected chi connectivity index (χ1v) is 11.8. The molecule has 1 amide bonds. The van der Waals surface area contributed by atoms with Gasteiger partial charge in [0.05, 0.1) is 6.54 Å². The summed E-state index contributed by atoms with van der Waals surface area (Å²) in [6.07, 6.45) is 1.47. The average Bonchev–Trinajstić information content (AvgIpc) is 3.29. The molecule has 3 aromatic rings. The van der Waals surface area contributed by atoms with Gasteiger partial charge in [0.2, 0.25) is 5.89 Å². The molecule has 8 heteroatoms. The Balaban J connectivity index is 1.53. The molecule has 0 N–H and O–H groups in total. The number of benzene rings is 2. The Morgan fingerprint density at radius 3 is 2.52 bits per heavy atom. The van der Waals surface area contributed by atoms with Gasteiger partial charge in [-0.25, -0.2) is 4.98 Å². The van der Waals surface area contributed by atoms with Crippen molar-refractivity contribution in [1.29, 1.82) is 0 Å². The van der Waals surface area contributed by atoms with Crippen LogP contribution in [0.3, 0.4) is 0 Å². The number of piperazine rings is 1. The van der Waals surface area contributed by atoms with Crippen LogP contribution in [0.5, 0.6) is 0 Å². The van der Waals surface area contributed by atoms with E-state index in [1.54, 1.807) is 6.07 Å². The van der Waals surface area contributed by atoms with Gasteiger partial charge in [0.15, 0.2) is 5.69 Å². The van der Waals surface area contributed by atoms with Crippen molar-refractivity contribution in [3.8, 4) is 0 Å². The Kier molecular flexibility index (Phi) is 7.71. The van der Waals surface area contributed by atoms with Gasteiger partial charge in [-0.1, -0.05) is 59.6 Å². The third kappa shape index (κ3) is 5.95. The molecule has 174 valence electrons. The number of rotatable bonds is 7. The number of hydrogen-bond donors (Lipinski definition) is 0. The topological polar surface area (TPSA) is 52.8 Å². The third-order valence-corrected chi connectivity index (χ3v) is 6.70. The molecule has 0 unspecified atom stereocenters. The Labute approximate surface area is 204 Å². The zero-order chi connectivity index (χ0) is 23.4. The SMILES string of the molecule is C[C@@H](c1ccccc1)N(Cc1nc(C(=O)N2CCN(C)CC2)co1)Cc1ccc(Cl)cc1Cl. The molecule has 1 atom stereocenters. The fourth-order valence-corrected chi connectivity index (χ4v) is 4.44. The van der Waals surface area contributed by atoms with Gasteiger partial charge in [0, 0.05) is 48.8 Å². The highest BCUT2D eigenvalue weighted by Crippen LogP contribution is 2.28. The first-order valence-electron chi connectivity index (χ1n) is 11.1. The number of oxazole rings is 1. The maximum Gasteiger partial charge on any atom is 0.275 e. The maximum atomic E-state index is 12.9. The van der Waals surface area contributed by atoms with Crippen molar-refractivity contribution in [2.45, 2.75) is 26.1 Å². The smallest absolute Gasteiger partial charge is 0.275 e. The van der Waals surface area contributed by atoms with Crippen molar-refractivity contribution < 1.29 is 9.21 Å². The second-order valence-electron chi connectivity index (χ2n) is 8.45. The van der Waals surface area contributed by atoms with Crippen molar-refractivity contribution in [1.82, 2.24) is 19.7 Å². The average molecular weight is 487 g/mol. The van der Waals surface area contributed by atoms with E-state index in [0.717, 1.165) is 18.7 Å². The molecule has 2 heterocycles. The van der Waals surface area contributed by atoms with Crippen molar-refractivity contribution >= 4 is 29.1 Å². The Hall–Kier alpha value is -2.38. The van der Waals surface area contributed by atoms with Gasteiger partial charge in [-0.3, -0.25) is 9.69 Å². The minimum atomic E-state index is -0.0819. The zero-order valence-corrected chi connectivity index (χ0v) is 20.4. The monoisotopic (exact) mass is 486 g/mol. The molecule has 4 rings (SSSR count). The van der Waals surface area contributed by atoms with Crippen molar-refractivity contribution in [2.24, 2.45) is 0 Å². The van der Waals surface area contributed by atoms with Gasteiger partial charge < -0.3 is 14.2 Å². The van der Waals surface area contributed by atoms with Gasteiger partial charge in [0.1, 0.15) is 6.26 Å². The number of halogens is 2. The summed E-state index contributed by atoms with van der Waals surface area (Å²) in [5.41, 5.74) is 2.48. The molecule has 1 fully saturated rings. The van der Waals surface area contributed by atoms with E-state index < -0.39 is 0 Å². The van der Waals surface area contributed by atoms with Crippen LogP contribution in [0.1, 0.15) is 40.5 Å². The first-order chi connectivity index (χ1) is 15.9. The van der Waals surface area contributed by atoms with E-state index in [1.165, 1.54) is 11.8 Å². The molecule has 1 aliphatic heterocycles. The van der Waals surface area contributed by atoms with E-state index in [1.807, 2.05) is 35.2 Å². The summed E-state index contributed by atoms with van der Waals surface area (Å²) in [6, 6.07) is 15.8. The van der Waals surface area contributed by atoms with Crippen molar-refractivity contribution in [2.75, 3.05) is 33.2 Å². The van der Waals surface area contributed by atoms with Crippen LogP contribution in [-0.4, -0.2) is 58.8 Å². The number of hydrogen-bond acceptors (Lipinski definition) is 5. The molecule has 0 bridgehead atoms. The standard InChI is InChI=1S/C25H28Cl2N4O2/c1-18(19-6-4-3-5-7-19)31(15-20-8-9-21(26)14-22(20)27)16-24-28-23(17-33-24)25(32)30-12-10-29(2)11-13-30/h3-9,14,17-18H,10-13,15-16H2,1-2H3/t18-/m0/s1. The highest BCUT2D eigenvalue weighted by molar-refractivity contribution is 6.35. The van der Waals surface area contributed by atoms with Crippen LogP contribution < -0.4 is 0 Å². The highest BCUT2D eigenvalue weighted by atomic mass is 35.5. The van der Waals surface area contributed by atoms with Gasteiger partial charge in [0.25, 0.3) is 5.91 Å². The van der Waals surface area contributed by atoms with Gasteiger partial charge in [-0.2, -0.15) is 0 Å². The number of amides is 1. The lowest BCUT2D eigenvalue weighted by molar-refractivity contribution is 0.0658. The molecule has 6 nitrogen and oxygen atoms in total. The molecular formula is C25H28Cl2N4O2. The van der Waals surface area contributed by atoms with Crippen LogP contribution in [0.15, 0.2) is 59.2 Å². The lowest BCUT2D eigenvalue weighted by Gasteiger charge is -2.31. The largest absolute Gasteiger partial charge is 0.447 e. The molecule has 0 spiro atoms. The maximum absolute atomic E-state index is 12.9. The number of nitrogens with zero attached hydrogens (tertiary/aromatic N) is 4. The van der Waals surface area contributed by atoms with Crippen LogP contribution in [0.2, 0.25) is 10.0 Å². The highest BCUT2D eigenvalue weighted by Gasteiger charge is 2.25. The molecule has 0 saturated carbocycles. The Bertz CT molecular complexity index is 1080.